The Morgan fingerprint density at radius 1 is 1.25 bits per heavy atom. The van der Waals surface area contributed by atoms with Gasteiger partial charge in [-0.25, -0.2) is 0 Å². The Morgan fingerprint density at radius 3 is 2.21 bits per heavy atom. The molecule has 4 atom stereocenters. The summed E-state index contributed by atoms with van der Waals surface area (Å²) in [6, 6.07) is 3.31. The van der Waals surface area contributed by atoms with Crippen molar-refractivity contribution in [3.63, 3.8) is 0 Å². The summed E-state index contributed by atoms with van der Waals surface area (Å²) in [5, 5.41) is 28.5. The van der Waals surface area contributed by atoms with Crippen LogP contribution in [0.2, 0.25) is 0 Å². The van der Waals surface area contributed by atoms with E-state index in [2.05, 4.69) is 13.8 Å². The summed E-state index contributed by atoms with van der Waals surface area (Å²) in [7, 11) is 0. The molecule has 3 N–H and O–H groups in total. The van der Waals surface area contributed by atoms with Gasteiger partial charge in [0.05, 0.1) is 12.2 Å². The second kappa shape index (κ2) is 13.0. The molecule has 0 amide bonds. The highest BCUT2D eigenvalue weighted by Gasteiger charge is 2.47. The lowest BCUT2D eigenvalue weighted by atomic mass is 10.1. The fraction of sp³-hybridized carbons (Fsp3) is 0.667. The van der Waals surface area contributed by atoms with Crippen LogP contribution in [0, 0.1) is 0 Å². The van der Waals surface area contributed by atoms with Crippen LogP contribution < -0.4 is 4.57 Å². The van der Waals surface area contributed by atoms with E-state index >= 15 is 0 Å². The zero-order valence-corrected chi connectivity index (χ0v) is 14.6. The maximum Gasteiger partial charge on any atom is 0.292 e. The van der Waals surface area contributed by atoms with Crippen LogP contribution in [0.15, 0.2) is 24.5 Å². The van der Waals surface area contributed by atoms with Gasteiger partial charge in [0.15, 0.2) is 24.3 Å². The van der Waals surface area contributed by atoms with Crippen molar-refractivity contribution in [2.45, 2.75) is 73.0 Å². The van der Waals surface area contributed by atoms with E-state index in [4.69, 9.17) is 9.84 Å². The fourth-order valence-corrected chi connectivity index (χ4v) is 1.99. The van der Waals surface area contributed by atoms with Crippen molar-refractivity contribution >= 4 is 5.78 Å². The summed E-state index contributed by atoms with van der Waals surface area (Å²) in [5.74, 6) is -0.101. The second-order valence-corrected chi connectivity index (χ2v) is 5.03. The van der Waals surface area contributed by atoms with Crippen molar-refractivity contribution in [1.29, 1.82) is 0 Å². The predicted molar refractivity (Wildman–Crippen MR) is 93.7 cm³/mol. The zero-order valence-electron chi connectivity index (χ0n) is 14.6. The van der Waals surface area contributed by atoms with Gasteiger partial charge in [-0.15, -0.1) is 0 Å². The molecule has 0 radical (unpaired) electrons. The minimum absolute atomic E-state index is 0. The number of Topliss-reactive ketones (excluding diaryl/α,β-unsaturated/α-hetero) is 1. The number of carbonyl (C=O) groups excluding carboxylic acids is 1. The Kier molecular flexibility index (Phi) is 13.5. The monoisotopic (exact) mass is 344 g/mol. The van der Waals surface area contributed by atoms with Gasteiger partial charge in [-0.3, -0.25) is 4.79 Å². The van der Waals surface area contributed by atoms with Crippen LogP contribution in [-0.2, 0) is 4.74 Å². The van der Waals surface area contributed by atoms with E-state index in [1.807, 2.05) is 13.8 Å². The number of ketones is 1. The number of aliphatic hydroxyl groups is 3. The Balaban J connectivity index is 0. The molecule has 0 aliphatic carbocycles. The van der Waals surface area contributed by atoms with E-state index in [9.17, 15) is 15.0 Å². The van der Waals surface area contributed by atoms with Gasteiger partial charge in [-0.2, -0.15) is 4.57 Å². The molecule has 24 heavy (non-hydrogen) atoms. The van der Waals surface area contributed by atoms with Crippen molar-refractivity contribution in [3.05, 3.63) is 30.1 Å². The number of aromatic nitrogens is 1. The van der Waals surface area contributed by atoms with Crippen LogP contribution in [0.3, 0.4) is 0 Å². The normalized spacial score (nSPS) is 24.7. The lowest BCUT2D eigenvalue weighted by molar-refractivity contribution is -0.765. The molecule has 1 fully saturated rings. The van der Waals surface area contributed by atoms with Crippen LogP contribution in [0.25, 0.3) is 0 Å². The minimum atomic E-state index is -1.14. The Morgan fingerprint density at radius 2 is 1.79 bits per heavy atom. The molecule has 6 nitrogen and oxygen atoms in total. The summed E-state index contributed by atoms with van der Waals surface area (Å²) in [4.78, 5) is 11.3. The third-order valence-corrected chi connectivity index (χ3v) is 3.04. The number of pyridine rings is 1. The van der Waals surface area contributed by atoms with Gasteiger partial charge in [0.2, 0.25) is 0 Å². The third kappa shape index (κ3) is 6.65. The molecule has 2 heterocycles. The van der Waals surface area contributed by atoms with E-state index in [1.165, 1.54) is 17.9 Å². The number of nitrogens with zero attached hydrogens (tertiary/aromatic N) is 1. The van der Waals surface area contributed by atoms with Gasteiger partial charge >= 0.3 is 0 Å². The first-order chi connectivity index (χ1) is 11.0. The summed E-state index contributed by atoms with van der Waals surface area (Å²) >= 11 is 0. The molecule has 1 aliphatic rings. The van der Waals surface area contributed by atoms with Crippen LogP contribution in [0.5, 0.6) is 0 Å². The summed E-state index contributed by atoms with van der Waals surface area (Å²) < 4.78 is 6.87. The van der Waals surface area contributed by atoms with E-state index in [-0.39, 0.29) is 19.8 Å². The van der Waals surface area contributed by atoms with E-state index in [1.54, 1.807) is 24.5 Å². The van der Waals surface area contributed by atoms with Gasteiger partial charge in [0, 0.05) is 6.07 Å². The van der Waals surface area contributed by atoms with Crippen molar-refractivity contribution in [1.82, 2.24) is 0 Å². The fourth-order valence-electron chi connectivity index (χ4n) is 1.99. The van der Waals surface area contributed by atoms with E-state index in [0.29, 0.717) is 5.56 Å². The number of aliphatic hydroxyl groups excluding tert-OH is 3. The van der Waals surface area contributed by atoms with Gasteiger partial charge in [0.1, 0.15) is 12.2 Å². The summed E-state index contributed by atoms with van der Waals surface area (Å²) in [5.41, 5.74) is 0.482. The molecule has 0 spiro atoms. The lowest BCUT2D eigenvalue weighted by Crippen LogP contribution is -2.46. The van der Waals surface area contributed by atoms with Crippen molar-refractivity contribution in [2.75, 3.05) is 6.61 Å². The molecular weight excluding hydrogens is 310 g/mol. The van der Waals surface area contributed by atoms with Crippen molar-refractivity contribution in [2.24, 2.45) is 0 Å². The average molecular weight is 344 g/mol. The van der Waals surface area contributed by atoms with Gasteiger partial charge in [0.25, 0.3) is 6.23 Å². The molecule has 2 rings (SSSR count). The first-order valence-electron chi connectivity index (χ1n) is 8.10. The number of carbonyl (C=O) groups is 1. The molecule has 1 aromatic rings. The molecular formula is C18H34NO5+. The number of ether oxygens (including phenoxy) is 1. The van der Waals surface area contributed by atoms with Crippen LogP contribution in [0.1, 0.15) is 65.1 Å². The van der Waals surface area contributed by atoms with Crippen LogP contribution in [0.4, 0.5) is 0 Å². The molecule has 140 valence electrons. The minimum Gasteiger partial charge on any atom is -0.394 e. The molecule has 6 heteroatoms. The van der Waals surface area contributed by atoms with Gasteiger partial charge < -0.3 is 20.1 Å². The maximum absolute atomic E-state index is 11.3. The third-order valence-electron chi connectivity index (χ3n) is 3.04. The quantitative estimate of drug-likeness (QED) is 0.575. The predicted octanol–water partition coefficient (Wildman–Crippen LogP) is 1.87. The molecule has 1 unspecified atom stereocenters. The first-order valence-corrected chi connectivity index (χ1v) is 8.10. The standard InChI is InChI=1S/C12H16NO5.C3H8.C2H6.CH4/c1-7(15)8-3-2-4-13(5-8)12-11(17)10(16)9(6-14)18-12;1-3-2;1-2;/h2-5,9-12,14,16-17H,6H2,1H3;3H2,1-2H3;1-2H3;1H4/q+1;;;/t9-,10?,11+,12-;;;/m1.../s1. The molecule has 1 aliphatic heterocycles. The zero-order chi connectivity index (χ0) is 18.0. The average Bonchev–Trinajstić information content (AvgIpc) is 2.85. The highest BCUT2D eigenvalue weighted by molar-refractivity contribution is 5.93. The largest absolute Gasteiger partial charge is 0.394 e. The molecule has 0 bridgehead atoms. The summed E-state index contributed by atoms with van der Waals surface area (Å²) in [6.45, 7) is 9.32. The first kappa shape index (κ1) is 24.9. The van der Waals surface area contributed by atoms with Gasteiger partial charge in [-0.05, 0) is 13.0 Å². The second-order valence-electron chi connectivity index (χ2n) is 5.03. The van der Waals surface area contributed by atoms with Crippen LogP contribution >= 0.6 is 0 Å². The van der Waals surface area contributed by atoms with Gasteiger partial charge in [-0.1, -0.05) is 41.5 Å². The van der Waals surface area contributed by atoms with Crippen molar-refractivity contribution < 1.29 is 29.4 Å². The van der Waals surface area contributed by atoms with Crippen molar-refractivity contribution in [3.8, 4) is 0 Å². The molecule has 1 aromatic heterocycles. The number of rotatable bonds is 3. The van der Waals surface area contributed by atoms with Crippen LogP contribution in [-0.4, -0.2) is 46.0 Å². The highest BCUT2D eigenvalue weighted by atomic mass is 16.6. The number of hydrogen-bond acceptors (Lipinski definition) is 5. The molecule has 0 aromatic carbocycles. The SMILES string of the molecule is C.CC.CC(=O)c1ccc[n+]([C@@H]2O[C@H](CO)C(O)[C@@H]2O)c1.CCC. The summed E-state index contributed by atoms with van der Waals surface area (Å²) in [6.07, 6.45) is 0.507. The molecule has 1 saturated heterocycles. The Hall–Kier alpha value is -1.34. The number of hydrogen-bond donors (Lipinski definition) is 3. The van der Waals surface area contributed by atoms with E-state index < -0.39 is 24.5 Å². The highest BCUT2D eigenvalue weighted by Crippen LogP contribution is 2.25. The lowest BCUT2D eigenvalue weighted by Gasteiger charge is -2.09. The Labute approximate surface area is 145 Å². The topological polar surface area (TPSA) is 90.9 Å². The van der Waals surface area contributed by atoms with E-state index in [0.717, 1.165) is 0 Å². The smallest absolute Gasteiger partial charge is 0.292 e. The maximum atomic E-state index is 11.3. The Bertz CT molecular complexity index is 466. The molecule has 0 saturated carbocycles.